The molecule has 1 heterocycles. The molecule has 13 nitrogen and oxygen atoms in total. The van der Waals surface area contributed by atoms with Gasteiger partial charge in [-0.25, -0.2) is 4.57 Å². The van der Waals surface area contributed by atoms with Crippen LogP contribution in [0.25, 0.3) is 0 Å². The smallest absolute Gasteiger partial charge is 0.404 e. The highest BCUT2D eigenvalue weighted by Crippen LogP contribution is 2.37. The Hall–Kier alpha value is -3.48. The molecule has 0 aliphatic heterocycles. The highest BCUT2D eigenvalue weighted by Gasteiger charge is 2.27. The quantitative estimate of drug-likeness (QED) is 0.178. The molecule has 16 heteroatoms. The highest BCUT2D eigenvalue weighted by atomic mass is 35.5. The second-order valence-corrected chi connectivity index (χ2v) is 10.7. The molecule has 2 aromatic carbocycles. The molecule has 3 rings (SSSR count). The van der Waals surface area contributed by atoms with Crippen LogP contribution in [0.2, 0.25) is 10.0 Å². The molecule has 3 aromatic rings. The van der Waals surface area contributed by atoms with Gasteiger partial charge in [-0.1, -0.05) is 46.6 Å². The van der Waals surface area contributed by atoms with E-state index in [0.717, 1.165) is 0 Å². The lowest BCUT2D eigenvalue weighted by Gasteiger charge is -2.21. The third kappa shape index (κ3) is 9.92. The van der Waals surface area contributed by atoms with Crippen molar-refractivity contribution in [1.82, 2.24) is 20.8 Å². The van der Waals surface area contributed by atoms with E-state index in [4.69, 9.17) is 43.2 Å². The van der Waals surface area contributed by atoms with Crippen molar-refractivity contribution in [3.05, 3.63) is 75.4 Å². The number of phosphoric ester groups is 1. The van der Waals surface area contributed by atoms with Crippen LogP contribution < -0.4 is 20.9 Å². The average Bonchev–Trinajstić information content (AvgIpc) is 3.31. The average molecular weight is 614 g/mol. The largest absolute Gasteiger partial charge is 0.524 e. The lowest BCUT2D eigenvalue weighted by molar-refractivity contribution is -0.128. The maximum Gasteiger partial charge on any atom is 0.524 e. The van der Waals surface area contributed by atoms with E-state index < -0.39 is 37.6 Å². The molecule has 3 amide bonds. The lowest BCUT2D eigenvalue weighted by Crippen LogP contribution is -2.48. The Morgan fingerprint density at radius 3 is 2.42 bits per heavy atom. The van der Waals surface area contributed by atoms with Gasteiger partial charge in [0.1, 0.15) is 17.8 Å². The molecule has 6 N–H and O–H groups in total. The van der Waals surface area contributed by atoms with E-state index in [1.165, 1.54) is 31.2 Å². The minimum absolute atomic E-state index is 0.0221. The predicted molar refractivity (Wildman–Crippen MR) is 143 cm³/mol. The summed E-state index contributed by atoms with van der Waals surface area (Å²) in [5.74, 6) is -1.47. The Morgan fingerprint density at radius 2 is 1.82 bits per heavy atom. The summed E-state index contributed by atoms with van der Waals surface area (Å²) in [6, 6.07) is 8.62. The van der Waals surface area contributed by atoms with Crippen molar-refractivity contribution in [1.29, 1.82) is 0 Å². The van der Waals surface area contributed by atoms with Crippen molar-refractivity contribution in [3.63, 3.8) is 0 Å². The Labute approximate surface area is 238 Å². The van der Waals surface area contributed by atoms with Crippen LogP contribution in [-0.2, 0) is 31.8 Å². The monoisotopic (exact) mass is 613 g/mol. The van der Waals surface area contributed by atoms with Gasteiger partial charge in [0.05, 0.1) is 0 Å². The molecule has 0 spiro atoms. The lowest BCUT2D eigenvalue weighted by atomic mass is 10.0. The second-order valence-electron chi connectivity index (χ2n) is 8.71. The maximum atomic E-state index is 13.3. The summed E-state index contributed by atoms with van der Waals surface area (Å²) in [6.45, 7) is 1.24. The summed E-state index contributed by atoms with van der Waals surface area (Å²) in [5, 5.41) is 10.1. The van der Waals surface area contributed by atoms with Crippen molar-refractivity contribution < 1.29 is 37.8 Å². The van der Waals surface area contributed by atoms with Crippen LogP contribution >= 0.6 is 31.0 Å². The molecule has 2 atom stereocenters. The predicted octanol–water partition coefficient (Wildman–Crippen LogP) is 2.61. The van der Waals surface area contributed by atoms with E-state index >= 15 is 0 Å². The van der Waals surface area contributed by atoms with Gasteiger partial charge in [-0.2, -0.15) is 4.98 Å². The Kier molecular flexibility index (Phi) is 10.7. The fourth-order valence-corrected chi connectivity index (χ4v) is 4.52. The number of rotatable bonds is 13. The fraction of sp³-hybridized carbons (Fsp3) is 0.292. The summed E-state index contributed by atoms with van der Waals surface area (Å²) in [6.07, 6.45) is 0.184. The Bertz CT molecular complexity index is 1410. The number of amides is 3. The molecular weight excluding hydrogens is 588 g/mol. The fourth-order valence-electron chi connectivity index (χ4n) is 3.65. The molecule has 0 radical (unpaired) electrons. The van der Waals surface area contributed by atoms with Crippen molar-refractivity contribution in [3.8, 4) is 5.75 Å². The topological polar surface area (TPSA) is 207 Å². The molecule has 0 bridgehead atoms. The number of phosphoric acid groups is 1. The van der Waals surface area contributed by atoms with Gasteiger partial charge in [-0.05, 0) is 41.8 Å². The van der Waals surface area contributed by atoms with Crippen LogP contribution in [0.4, 0.5) is 0 Å². The first-order chi connectivity index (χ1) is 18.8. The number of primary amides is 1. The second kappa shape index (κ2) is 13.7. The van der Waals surface area contributed by atoms with Crippen LogP contribution in [0.1, 0.15) is 48.6 Å². The first-order valence-corrected chi connectivity index (χ1v) is 14.0. The standard InChI is InChI=1S/C24H26Cl2N5O8P/c1-13(32)28-20(10-14-2-6-17(7-3-14)39-40(35,36)37)23(34)29-19(8-9-21(27)33)24-30-22(31-38-24)11-15-4-5-16(25)12-18(15)26/h2-7,12,19-20H,8-11H2,1H3,(H2,27,33)(H,28,32)(H,29,34)(H2,35,36,37)/t19-,20-/m0/s1. The van der Waals surface area contributed by atoms with E-state index in [2.05, 4.69) is 25.3 Å². The maximum absolute atomic E-state index is 13.3. The van der Waals surface area contributed by atoms with Crippen molar-refractivity contribution in [2.24, 2.45) is 5.73 Å². The van der Waals surface area contributed by atoms with E-state index in [0.29, 0.717) is 21.2 Å². The number of halogens is 2. The molecule has 214 valence electrons. The summed E-state index contributed by atoms with van der Waals surface area (Å²) in [4.78, 5) is 58.8. The summed E-state index contributed by atoms with van der Waals surface area (Å²) >= 11 is 12.2. The zero-order valence-electron chi connectivity index (χ0n) is 21.0. The summed E-state index contributed by atoms with van der Waals surface area (Å²) < 4.78 is 20.9. The molecule has 0 aliphatic rings. The van der Waals surface area contributed by atoms with Crippen LogP contribution in [0.3, 0.4) is 0 Å². The molecule has 0 saturated heterocycles. The zero-order chi connectivity index (χ0) is 29.4. The number of nitrogens with two attached hydrogens (primary N) is 1. The van der Waals surface area contributed by atoms with Gasteiger partial charge >= 0.3 is 7.82 Å². The SMILES string of the molecule is CC(=O)N[C@@H](Cc1ccc(OP(=O)(O)O)cc1)C(=O)N[C@@H](CCC(N)=O)c1nc(Cc2ccc(Cl)cc2Cl)no1. The molecule has 0 unspecified atom stereocenters. The zero-order valence-corrected chi connectivity index (χ0v) is 23.4. The minimum atomic E-state index is -4.73. The van der Waals surface area contributed by atoms with E-state index in [1.807, 2.05) is 0 Å². The Morgan fingerprint density at radius 1 is 1.12 bits per heavy atom. The van der Waals surface area contributed by atoms with Crippen LogP contribution in [0.5, 0.6) is 5.75 Å². The summed E-state index contributed by atoms with van der Waals surface area (Å²) in [5.41, 5.74) is 6.55. The van der Waals surface area contributed by atoms with Crippen molar-refractivity contribution in [2.45, 2.75) is 44.7 Å². The number of hydrogen-bond acceptors (Lipinski definition) is 8. The number of carbonyl (C=O) groups excluding carboxylic acids is 3. The van der Waals surface area contributed by atoms with Gasteiger partial charge in [0.25, 0.3) is 0 Å². The molecule has 1 aromatic heterocycles. The number of aromatic nitrogens is 2. The number of nitrogens with one attached hydrogen (secondary N) is 2. The van der Waals surface area contributed by atoms with Crippen LogP contribution in [-0.4, -0.2) is 43.7 Å². The van der Waals surface area contributed by atoms with E-state index in [-0.39, 0.29) is 43.1 Å². The summed E-state index contributed by atoms with van der Waals surface area (Å²) in [7, 11) is -4.73. The third-order valence-electron chi connectivity index (χ3n) is 5.42. The van der Waals surface area contributed by atoms with Crippen LogP contribution in [0, 0.1) is 0 Å². The van der Waals surface area contributed by atoms with Crippen molar-refractivity contribution >= 4 is 48.7 Å². The highest BCUT2D eigenvalue weighted by molar-refractivity contribution is 7.46. The third-order valence-corrected chi connectivity index (χ3v) is 6.46. The van der Waals surface area contributed by atoms with Gasteiger partial charge in [0.15, 0.2) is 5.82 Å². The van der Waals surface area contributed by atoms with Gasteiger partial charge in [-0.3, -0.25) is 24.2 Å². The first kappa shape index (κ1) is 31.1. The van der Waals surface area contributed by atoms with Gasteiger partial charge in [0.2, 0.25) is 23.6 Å². The molecular formula is C24H26Cl2N5O8P. The number of hydrogen-bond donors (Lipinski definition) is 5. The van der Waals surface area contributed by atoms with Gasteiger partial charge < -0.3 is 25.4 Å². The molecule has 0 aliphatic carbocycles. The van der Waals surface area contributed by atoms with Gasteiger partial charge in [-0.15, -0.1) is 0 Å². The molecule has 40 heavy (non-hydrogen) atoms. The Balaban J connectivity index is 1.77. The number of nitrogens with zero attached hydrogens (tertiary/aromatic N) is 2. The normalized spacial score (nSPS) is 12.8. The van der Waals surface area contributed by atoms with E-state index in [1.54, 1.807) is 18.2 Å². The number of benzene rings is 2. The van der Waals surface area contributed by atoms with Gasteiger partial charge in [0, 0.05) is 36.2 Å². The van der Waals surface area contributed by atoms with Crippen molar-refractivity contribution in [2.75, 3.05) is 0 Å². The first-order valence-electron chi connectivity index (χ1n) is 11.8. The molecule has 0 fully saturated rings. The minimum Gasteiger partial charge on any atom is -0.404 e. The van der Waals surface area contributed by atoms with E-state index in [9.17, 15) is 18.9 Å². The van der Waals surface area contributed by atoms with Crippen LogP contribution in [0.15, 0.2) is 47.0 Å². The molecule has 0 saturated carbocycles. The number of carbonyl (C=O) groups is 3.